The number of alkyl halides is 6. The number of halogens is 7. The van der Waals surface area contributed by atoms with Crippen LogP contribution in [0.2, 0.25) is 5.02 Å². The summed E-state index contributed by atoms with van der Waals surface area (Å²) in [4.78, 5) is 0. The van der Waals surface area contributed by atoms with Crippen LogP contribution >= 0.6 is 11.6 Å². The van der Waals surface area contributed by atoms with E-state index in [-0.39, 0.29) is 34.9 Å². The van der Waals surface area contributed by atoms with Gasteiger partial charge in [-0.25, -0.2) is 0 Å². The average molecular weight is 396 g/mol. The van der Waals surface area contributed by atoms with Crippen LogP contribution < -0.4 is 10.5 Å². The lowest BCUT2D eigenvalue weighted by Gasteiger charge is -2.15. The zero-order valence-electron chi connectivity index (χ0n) is 13.0. The molecule has 0 saturated heterocycles. The molecule has 1 heterocycles. The molecule has 2 nitrogen and oxygen atoms in total. The van der Waals surface area contributed by atoms with E-state index < -0.39 is 23.5 Å². The van der Waals surface area contributed by atoms with Crippen molar-refractivity contribution >= 4 is 11.6 Å². The summed E-state index contributed by atoms with van der Waals surface area (Å²) in [5.74, 6) is 0.355. The summed E-state index contributed by atoms with van der Waals surface area (Å²) in [6.07, 6.45) is -9.77. The van der Waals surface area contributed by atoms with Crippen LogP contribution in [0.25, 0.3) is 11.1 Å². The number of hydrogen-bond donors (Lipinski definition) is 1. The van der Waals surface area contributed by atoms with Gasteiger partial charge in [-0.1, -0.05) is 11.6 Å². The summed E-state index contributed by atoms with van der Waals surface area (Å²) in [6, 6.07) is 4.19. The van der Waals surface area contributed by atoms with Gasteiger partial charge in [-0.15, -0.1) is 0 Å². The third-order valence-electron chi connectivity index (χ3n) is 4.04. The van der Waals surface area contributed by atoms with Gasteiger partial charge >= 0.3 is 12.4 Å². The minimum absolute atomic E-state index is 0.0893. The standard InChI is InChI=1S/C17H12ClF6NO/c18-14-5-8(1-10-4-13(7-25)26-15(10)14)9-2-11(16(19,20)21)6-12(3-9)17(22,23)24/h1-3,5-6,13H,4,7,25H2. The number of rotatable bonds is 2. The maximum atomic E-state index is 13.0. The molecule has 3 rings (SSSR count). The van der Waals surface area contributed by atoms with Crippen LogP contribution in [0.1, 0.15) is 16.7 Å². The zero-order chi connectivity index (χ0) is 19.3. The predicted molar refractivity (Wildman–Crippen MR) is 84.1 cm³/mol. The Hall–Kier alpha value is -1.93. The molecule has 1 aliphatic heterocycles. The molecular formula is C17H12ClF6NO. The van der Waals surface area contributed by atoms with Gasteiger partial charge in [0.1, 0.15) is 11.9 Å². The largest absolute Gasteiger partial charge is 0.487 e. The van der Waals surface area contributed by atoms with E-state index in [1.165, 1.54) is 12.1 Å². The van der Waals surface area contributed by atoms with E-state index in [2.05, 4.69) is 0 Å². The zero-order valence-corrected chi connectivity index (χ0v) is 13.8. The number of nitrogens with two attached hydrogens (primary N) is 1. The minimum atomic E-state index is -4.91. The summed E-state index contributed by atoms with van der Waals surface area (Å²) in [5, 5.41) is 0.111. The quantitative estimate of drug-likeness (QED) is 0.700. The Labute approximate surface area is 149 Å². The molecule has 0 aromatic heterocycles. The molecule has 140 valence electrons. The van der Waals surface area contributed by atoms with Crippen LogP contribution in [0, 0.1) is 0 Å². The SMILES string of the molecule is NCC1Cc2cc(-c3cc(C(F)(F)F)cc(C(F)(F)F)c3)cc(Cl)c2O1. The summed E-state index contributed by atoms with van der Waals surface area (Å²) in [5.41, 5.74) is 3.28. The molecule has 0 bridgehead atoms. The highest BCUT2D eigenvalue weighted by molar-refractivity contribution is 6.32. The maximum Gasteiger partial charge on any atom is 0.416 e. The maximum absolute atomic E-state index is 13.0. The Morgan fingerprint density at radius 2 is 1.46 bits per heavy atom. The first-order valence-corrected chi connectivity index (χ1v) is 7.86. The fraction of sp³-hybridized carbons (Fsp3) is 0.294. The van der Waals surface area contributed by atoms with Crippen LogP contribution in [0.3, 0.4) is 0 Å². The smallest absolute Gasteiger partial charge is 0.416 e. The molecule has 0 aliphatic carbocycles. The molecule has 9 heteroatoms. The van der Waals surface area contributed by atoms with Crippen molar-refractivity contribution in [3.8, 4) is 16.9 Å². The van der Waals surface area contributed by atoms with E-state index in [9.17, 15) is 26.3 Å². The number of fused-ring (bicyclic) bond motifs is 1. The van der Waals surface area contributed by atoms with Gasteiger partial charge in [0.2, 0.25) is 0 Å². The topological polar surface area (TPSA) is 35.2 Å². The normalized spacial score (nSPS) is 17.2. The lowest BCUT2D eigenvalue weighted by atomic mass is 9.96. The lowest BCUT2D eigenvalue weighted by Crippen LogP contribution is -2.24. The highest BCUT2D eigenvalue weighted by Crippen LogP contribution is 2.42. The van der Waals surface area contributed by atoms with Gasteiger partial charge in [-0.3, -0.25) is 0 Å². The van der Waals surface area contributed by atoms with Gasteiger partial charge < -0.3 is 10.5 Å². The van der Waals surface area contributed by atoms with Gasteiger partial charge in [0.25, 0.3) is 0 Å². The molecule has 2 aromatic rings. The Balaban J connectivity index is 2.14. The first kappa shape index (κ1) is 18.8. The second kappa shape index (κ2) is 6.35. The van der Waals surface area contributed by atoms with Gasteiger partial charge in [0.05, 0.1) is 16.1 Å². The Morgan fingerprint density at radius 1 is 0.923 bits per heavy atom. The molecule has 0 saturated carbocycles. The molecule has 0 fully saturated rings. The summed E-state index contributed by atoms with van der Waals surface area (Å²) >= 11 is 6.10. The molecular weight excluding hydrogens is 384 g/mol. The van der Waals surface area contributed by atoms with E-state index >= 15 is 0 Å². The Kier molecular flexibility index (Phi) is 4.60. The molecule has 2 aromatic carbocycles. The van der Waals surface area contributed by atoms with E-state index in [0.717, 1.165) is 0 Å². The fourth-order valence-electron chi connectivity index (χ4n) is 2.81. The first-order chi connectivity index (χ1) is 12.0. The Bertz CT molecular complexity index is 814. The van der Waals surface area contributed by atoms with Crippen LogP contribution in [0.5, 0.6) is 5.75 Å². The molecule has 0 radical (unpaired) electrons. The van der Waals surface area contributed by atoms with Gasteiger partial charge in [0, 0.05) is 18.5 Å². The van der Waals surface area contributed by atoms with E-state index in [0.29, 0.717) is 29.9 Å². The first-order valence-electron chi connectivity index (χ1n) is 7.48. The van der Waals surface area contributed by atoms with Gasteiger partial charge in [0.15, 0.2) is 0 Å². The van der Waals surface area contributed by atoms with E-state index in [4.69, 9.17) is 22.1 Å². The second-order valence-electron chi connectivity index (χ2n) is 5.92. The third kappa shape index (κ3) is 3.61. The van der Waals surface area contributed by atoms with Crippen molar-refractivity contribution in [1.82, 2.24) is 0 Å². The summed E-state index contributed by atoms with van der Waals surface area (Å²) in [7, 11) is 0. The third-order valence-corrected chi connectivity index (χ3v) is 4.32. The molecule has 1 aliphatic rings. The average Bonchev–Trinajstić information content (AvgIpc) is 2.96. The molecule has 1 unspecified atom stereocenters. The molecule has 1 atom stereocenters. The highest BCUT2D eigenvalue weighted by Gasteiger charge is 2.37. The van der Waals surface area contributed by atoms with Crippen LogP contribution in [-0.4, -0.2) is 12.6 Å². The van der Waals surface area contributed by atoms with Crippen molar-refractivity contribution in [3.05, 3.63) is 52.0 Å². The van der Waals surface area contributed by atoms with E-state index in [1.807, 2.05) is 0 Å². The molecule has 0 spiro atoms. The molecule has 26 heavy (non-hydrogen) atoms. The van der Waals surface area contributed by atoms with Crippen LogP contribution in [0.15, 0.2) is 30.3 Å². The fourth-order valence-corrected chi connectivity index (χ4v) is 3.09. The number of ether oxygens (including phenoxy) is 1. The lowest BCUT2D eigenvalue weighted by molar-refractivity contribution is -0.143. The van der Waals surface area contributed by atoms with Gasteiger partial charge in [-0.2, -0.15) is 26.3 Å². The van der Waals surface area contributed by atoms with Crippen molar-refractivity contribution in [1.29, 1.82) is 0 Å². The van der Waals surface area contributed by atoms with E-state index in [1.54, 1.807) is 0 Å². The van der Waals surface area contributed by atoms with Crippen molar-refractivity contribution in [3.63, 3.8) is 0 Å². The monoisotopic (exact) mass is 395 g/mol. The van der Waals surface area contributed by atoms with Crippen molar-refractivity contribution in [2.45, 2.75) is 24.9 Å². The van der Waals surface area contributed by atoms with Crippen molar-refractivity contribution < 1.29 is 31.1 Å². The minimum Gasteiger partial charge on any atom is -0.487 e. The number of hydrogen-bond acceptors (Lipinski definition) is 2. The predicted octanol–water partition coefficient (Wildman–Crippen LogP) is 5.31. The van der Waals surface area contributed by atoms with Crippen LogP contribution in [0.4, 0.5) is 26.3 Å². The second-order valence-corrected chi connectivity index (χ2v) is 6.33. The molecule has 2 N–H and O–H groups in total. The van der Waals surface area contributed by atoms with Crippen molar-refractivity contribution in [2.24, 2.45) is 5.73 Å². The number of benzene rings is 2. The highest BCUT2D eigenvalue weighted by atomic mass is 35.5. The Morgan fingerprint density at radius 3 is 1.96 bits per heavy atom. The van der Waals surface area contributed by atoms with Crippen LogP contribution in [-0.2, 0) is 18.8 Å². The summed E-state index contributed by atoms with van der Waals surface area (Å²) in [6.45, 7) is 0.210. The molecule has 0 amide bonds. The van der Waals surface area contributed by atoms with Crippen molar-refractivity contribution in [2.75, 3.05) is 6.54 Å². The van der Waals surface area contributed by atoms with Gasteiger partial charge in [-0.05, 0) is 41.5 Å². The summed E-state index contributed by atoms with van der Waals surface area (Å²) < 4.78 is 83.6.